The smallest absolute Gasteiger partial charge is 0.338 e. The molecule has 0 aromatic heterocycles. The van der Waals surface area contributed by atoms with Crippen molar-refractivity contribution in [3.8, 4) is 45.3 Å². The number of fused-ring (bicyclic) bond motifs is 8. The molecule has 0 aliphatic carbocycles. The summed E-state index contributed by atoms with van der Waals surface area (Å²) in [5, 5.41) is 6.98. The van der Waals surface area contributed by atoms with Crippen LogP contribution in [0.2, 0.25) is 0 Å². The first-order valence-corrected chi connectivity index (χ1v) is 21.7. The van der Waals surface area contributed by atoms with Crippen LogP contribution in [0.4, 0.5) is 0 Å². The van der Waals surface area contributed by atoms with Crippen molar-refractivity contribution in [2.75, 3.05) is 0 Å². The number of esters is 2. The summed E-state index contributed by atoms with van der Waals surface area (Å²) in [6.45, 7) is 0.0794. The van der Waals surface area contributed by atoms with Crippen LogP contribution in [-0.2, 0) is 22.7 Å². The van der Waals surface area contributed by atoms with Gasteiger partial charge in [0.15, 0.2) is 0 Å². The first-order valence-electron chi connectivity index (χ1n) is 21.7. The second-order valence-corrected chi connectivity index (χ2v) is 17.2. The third kappa shape index (κ3) is 4.99. The zero-order valence-corrected chi connectivity index (χ0v) is 34.2. The Balaban J connectivity index is 1.00. The topological polar surface area (TPSA) is 71.1 Å². The van der Waals surface area contributed by atoms with Crippen molar-refractivity contribution in [1.82, 2.24) is 0 Å². The van der Waals surface area contributed by atoms with Gasteiger partial charge in [-0.15, -0.1) is 0 Å². The Morgan fingerprint density at radius 1 is 0.391 bits per heavy atom. The molecule has 10 aromatic rings. The lowest BCUT2D eigenvalue weighted by Gasteiger charge is -2.36. The minimum Gasteiger partial charge on any atom is -0.458 e. The average molecular weight is 822 g/mol. The summed E-state index contributed by atoms with van der Waals surface area (Å²) < 4.78 is 25.2. The monoisotopic (exact) mass is 822 g/mol. The lowest BCUT2D eigenvalue weighted by molar-refractivity contribution is 0.0464. The number of para-hydroxylation sites is 2. The molecule has 10 aromatic carbocycles. The summed E-state index contributed by atoms with van der Waals surface area (Å²) in [5.74, 6) is 2.08. The van der Waals surface area contributed by atoms with Crippen molar-refractivity contribution in [1.29, 1.82) is 0 Å². The van der Waals surface area contributed by atoms with Crippen LogP contribution < -0.4 is 42.3 Å². The van der Waals surface area contributed by atoms with Gasteiger partial charge in [0.1, 0.15) is 36.2 Å². The van der Waals surface area contributed by atoms with Crippen molar-refractivity contribution < 1.29 is 28.5 Å². The van der Waals surface area contributed by atoms with Crippen molar-refractivity contribution in [2.24, 2.45) is 0 Å². The van der Waals surface area contributed by atoms with Gasteiger partial charge >= 0.3 is 11.9 Å². The maximum Gasteiger partial charge on any atom is 0.338 e. The van der Waals surface area contributed by atoms with E-state index in [1.165, 1.54) is 32.5 Å². The third-order valence-electron chi connectivity index (χ3n) is 13.8. The maximum absolute atomic E-state index is 13.9. The van der Waals surface area contributed by atoms with E-state index in [-0.39, 0.29) is 26.6 Å². The summed E-state index contributed by atoms with van der Waals surface area (Å²) in [4.78, 5) is 27.8. The van der Waals surface area contributed by atoms with Crippen LogP contribution in [0.3, 0.4) is 0 Å². The van der Waals surface area contributed by atoms with E-state index in [2.05, 4.69) is 60.7 Å². The molecule has 0 amide bonds. The number of ether oxygens (including phenoxy) is 4. The molecule has 14 rings (SSSR count). The molecule has 0 fully saturated rings. The average Bonchev–Trinajstić information content (AvgIpc) is 3.34. The Kier molecular flexibility index (Phi) is 7.33. The van der Waals surface area contributed by atoms with Crippen LogP contribution in [0.5, 0.6) is 23.0 Å². The van der Waals surface area contributed by atoms with Crippen molar-refractivity contribution in [2.45, 2.75) is 13.2 Å². The van der Waals surface area contributed by atoms with E-state index < -0.39 is 11.9 Å². The zero-order chi connectivity index (χ0) is 42.2. The molecule has 0 atom stereocenters. The Labute approximate surface area is 368 Å². The molecular formula is C56H32B2O6. The van der Waals surface area contributed by atoms with Crippen LogP contribution in [0.15, 0.2) is 170 Å². The molecular weight excluding hydrogens is 790 g/mol. The lowest BCUT2D eigenvalue weighted by Crippen LogP contribution is -2.58. The number of hydrogen-bond donors (Lipinski definition) is 0. The van der Waals surface area contributed by atoms with E-state index in [1.807, 2.05) is 109 Å². The lowest BCUT2D eigenvalue weighted by atomic mass is 9.32. The van der Waals surface area contributed by atoms with Gasteiger partial charge in [0.25, 0.3) is 13.4 Å². The zero-order valence-electron chi connectivity index (χ0n) is 34.2. The van der Waals surface area contributed by atoms with Gasteiger partial charge in [-0.1, -0.05) is 144 Å². The quantitative estimate of drug-likeness (QED) is 0.0953. The minimum atomic E-state index is -0.403. The fraction of sp³-hybridized carbons (Fsp3) is 0.0357. The fourth-order valence-electron chi connectivity index (χ4n) is 11.1. The Bertz CT molecular complexity index is 3440. The second kappa shape index (κ2) is 13.2. The van der Waals surface area contributed by atoms with Crippen LogP contribution in [0.1, 0.15) is 31.8 Å². The van der Waals surface area contributed by atoms with Gasteiger partial charge in [-0.25, -0.2) is 9.59 Å². The molecule has 4 aliphatic heterocycles. The van der Waals surface area contributed by atoms with Gasteiger partial charge in [-0.3, -0.25) is 0 Å². The summed E-state index contributed by atoms with van der Waals surface area (Å²) >= 11 is 0. The van der Waals surface area contributed by atoms with Gasteiger partial charge in [-0.2, -0.15) is 0 Å². The summed E-state index contributed by atoms with van der Waals surface area (Å²) in [6, 6.07) is 57.4. The molecule has 0 radical (unpaired) electrons. The second-order valence-electron chi connectivity index (χ2n) is 17.2. The molecule has 298 valence electrons. The Morgan fingerprint density at radius 2 is 0.812 bits per heavy atom. The molecule has 0 spiro atoms. The van der Waals surface area contributed by atoms with Gasteiger partial charge in [-0.05, 0) is 124 Å². The van der Waals surface area contributed by atoms with Gasteiger partial charge in [0.05, 0.1) is 11.1 Å². The van der Waals surface area contributed by atoms with E-state index in [0.717, 1.165) is 77.5 Å². The minimum absolute atomic E-state index is 0.131. The summed E-state index contributed by atoms with van der Waals surface area (Å²) in [6.07, 6.45) is 0. The number of carbonyl (C=O) groups is 2. The molecule has 0 unspecified atom stereocenters. The van der Waals surface area contributed by atoms with E-state index >= 15 is 0 Å². The largest absolute Gasteiger partial charge is 0.458 e. The van der Waals surface area contributed by atoms with Gasteiger partial charge < -0.3 is 18.9 Å². The van der Waals surface area contributed by atoms with E-state index in [0.29, 0.717) is 22.6 Å². The molecule has 6 nitrogen and oxygen atoms in total. The first kappa shape index (κ1) is 35.5. The predicted octanol–water partition coefficient (Wildman–Crippen LogP) is 8.50. The first-order chi connectivity index (χ1) is 31.6. The van der Waals surface area contributed by atoms with Gasteiger partial charge in [0, 0.05) is 0 Å². The molecule has 0 N–H and O–H groups in total. The van der Waals surface area contributed by atoms with E-state index in [9.17, 15) is 9.59 Å². The van der Waals surface area contributed by atoms with Crippen molar-refractivity contribution in [3.63, 3.8) is 0 Å². The maximum atomic E-state index is 13.9. The fourth-order valence-corrected chi connectivity index (χ4v) is 11.1. The Hall–Kier alpha value is -8.09. The molecule has 0 saturated heterocycles. The molecule has 8 heteroatoms. The SMILES string of the molecule is O=C(OCc1ccccc1)c1cc2c3c(c1)-c1ccc4cc5c6c(ccc7cc(c1c4c76)B3c1ccccc1O2)-c1cc(C(=O)OCc2ccccc2)cc2c1B5c1ccccc1O2. The van der Waals surface area contributed by atoms with Crippen LogP contribution >= 0.6 is 0 Å². The molecule has 4 aliphatic rings. The molecule has 0 bridgehead atoms. The van der Waals surface area contributed by atoms with Gasteiger partial charge in [0.2, 0.25) is 0 Å². The normalized spacial score (nSPS) is 13.1. The third-order valence-corrected chi connectivity index (χ3v) is 13.8. The highest BCUT2D eigenvalue weighted by Crippen LogP contribution is 2.46. The number of hydrogen-bond acceptors (Lipinski definition) is 6. The Morgan fingerprint density at radius 3 is 1.27 bits per heavy atom. The highest BCUT2D eigenvalue weighted by molar-refractivity contribution is 7.01. The van der Waals surface area contributed by atoms with Crippen LogP contribution in [0.25, 0.3) is 54.6 Å². The van der Waals surface area contributed by atoms with Crippen molar-refractivity contribution in [3.05, 3.63) is 192 Å². The highest BCUT2D eigenvalue weighted by atomic mass is 16.5. The number of benzene rings is 10. The van der Waals surface area contributed by atoms with Crippen LogP contribution in [-0.4, -0.2) is 25.4 Å². The van der Waals surface area contributed by atoms with Crippen LogP contribution in [0, 0.1) is 0 Å². The molecule has 0 saturated carbocycles. The summed E-state index contributed by atoms with van der Waals surface area (Å²) in [7, 11) is 0. The summed E-state index contributed by atoms with van der Waals surface area (Å²) in [5.41, 5.74) is 13.5. The van der Waals surface area contributed by atoms with E-state index in [4.69, 9.17) is 18.9 Å². The van der Waals surface area contributed by atoms with E-state index in [1.54, 1.807) is 0 Å². The molecule has 4 heterocycles. The number of carbonyl (C=O) groups excluding carboxylic acids is 2. The number of rotatable bonds is 6. The highest BCUT2D eigenvalue weighted by Gasteiger charge is 2.44. The predicted molar refractivity (Wildman–Crippen MR) is 254 cm³/mol. The standard InChI is InChI=1S/C56H32B2O6/c59-55(61-29-31-11-3-1-4-12-31)35-23-39-37-21-19-33-26-44-52-38(22-20-34-25-43(51(37)49(33)50(34)52)57-41-15-7-9-17-45(41)63-47(27-35)53(39)57)40-24-36(56(60)62-30-32-13-5-2-6-14-32)28-48-54(40)58(44)42-16-8-10-18-46(42)64-48/h1-28H,29-30H2. The van der Waals surface area contributed by atoms with Crippen molar-refractivity contribution >= 4 is 90.5 Å². The molecule has 64 heavy (non-hydrogen) atoms.